The van der Waals surface area contributed by atoms with E-state index >= 15 is 0 Å². The standard InChI is InChI=1S/C7H6BrN3/c8-5-11-7-4-2-1-3-6(7)9-10-11/h1-4H,5H2. The first kappa shape index (κ1) is 6.79. The van der Waals surface area contributed by atoms with Crippen LogP contribution in [0.5, 0.6) is 0 Å². The van der Waals surface area contributed by atoms with Crippen molar-refractivity contribution in [3.8, 4) is 0 Å². The van der Waals surface area contributed by atoms with E-state index in [0.717, 1.165) is 11.0 Å². The Balaban J connectivity index is 2.76. The monoisotopic (exact) mass is 211 g/mol. The number of alkyl halides is 1. The molecule has 1 aromatic heterocycles. The number of hydrogen-bond acceptors (Lipinski definition) is 2. The van der Waals surface area contributed by atoms with Gasteiger partial charge in [0.1, 0.15) is 5.52 Å². The van der Waals surface area contributed by atoms with Crippen LogP contribution in [0.1, 0.15) is 0 Å². The zero-order chi connectivity index (χ0) is 7.68. The van der Waals surface area contributed by atoms with Crippen molar-refractivity contribution in [3.63, 3.8) is 0 Å². The summed E-state index contributed by atoms with van der Waals surface area (Å²) in [7, 11) is 0. The molecule has 0 fully saturated rings. The quantitative estimate of drug-likeness (QED) is 0.674. The summed E-state index contributed by atoms with van der Waals surface area (Å²) >= 11 is 3.32. The molecule has 0 amide bonds. The van der Waals surface area contributed by atoms with Crippen LogP contribution in [0, 0.1) is 0 Å². The summed E-state index contributed by atoms with van der Waals surface area (Å²) in [5, 5.41) is 7.91. The van der Waals surface area contributed by atoms with E-state index in [0.29, 0.717) is 5.45 Å². The number of hydrogen-bond donors (Lipinski definition) is 0. The van der Waals surface area contributed by atoms with Gasteiger partial charge in [-0.15, -0.1) is 5.10 Å². The maximum absolute atomic E-state index is 3.97. The molecule has 2 aromatic rings. The average molecular weight is 212 g/mol. The van der Waals surface area contributed by atoms with Gasteiger partial charge in [-0.1, -0.05) is 33.3 Å². The molecule has 0 aliphatic carbocycles. The van der Waals surface area contributed by atoms with Crippen LogP contribution in [0.15, 0.2) is 24.3 Å². The SMILES string of the molecule is BrCn1nnc2ccccc21. The van der Waals surface area contributed by atoms with Crippen LogP contribution >= 0.6 is 15.9 Å². The van der Waals surface area contributed by atoms with E-state index in [-0.39, 0.29) is 0 Å². The van der Waals surface area contributed by atoms with Crippen molar-refractivity contribution in [2.45, 2.75) is 5.45 Å². The highest BCUT2D eigenvalue weighted by atomic mass is 79.9. The molecule has 56 valence electrons. The molecule has 0 spiro atoms. The lowest BCUT2D eigenvalue weighted by atomic mass is 10.3. The third kappa shape index (κ3) is 1.03. The number of para-hydroxylation sites is 1. The minimum Gasteiger partial charge on any atom is -0.234 e. The molecule has 0 aliphatic rings. The second-order valence-corrected chi connectivity index (χ2v) is 2.70. The van der Waals surface area contributed by atoms with E-state index in [1.54, 1.807) is 4.68 Å². The Bertz CT molecular complexity index is 368. The molecule has 2 rings (SSSR count). The van der Waals surface area contributed by atoms with Gasteiger partial charge in [-0.2, -0.15) is 0 Å². The van der Waals surface area contributed by atoms with E-state index in [2.05, 4.69) is 26.2 Å². The van der Waals surface area contributed by atoms with Crippen LogP contribution in [0.2, 0.25) is 0 Å². The fourth-order valence-electron chi connectivity index (χ4n) is 1.01. The number of rotatable bonds is 1. The van der Waals surface area contributed by atoms with Gasteiger partial charge in [-0.25, -0.2) is 4.68 Å². The predicted molar refractivity (Wildman–Crippen MR) is 46.5 cm³/mol. The molecule has 0 bridgehead atoms. The Labute approximate surface area is 72.1 Å². The summed E-state index contributed by atoms with van der Waals surface area (Å²) in [6.07, 6.45) is 0. The van der Waals surface area contributed by atoms with Gasteiger partial charge in [-0.05, 0) is 12.1 Å². The van der Waals surface area contributed by atoms with Gasteiger partial charge in [0.25, 0.3) is 0 Å². The minimum absolute atomic E-state index is 0.688. The van der Waals surface area contributed by atoms with Crippen molar-refractivity contribution in [3.05, 3.63) is 24.3 Å². The first-order valence-electron chi connectivity index (χ1n) is 3.26. The topological polar surface area (TPSA) is 30.7 Å². The van der Waals surface area contributed by atoms with Crippen molar-refractivity contribution in [2.75, 3.05) is 0 Å². The maximum Gasteiger partial charge on any atom is 0.113 e. The summed E-state index contributed by atoms with van der Waals surface area (Å²) < 4.78 is 1.80. The van der Waals surface area contributed by atoms with Crippen LogP contribution in [0.25, 0.3) is 11.0 Å². The molecule has 1 heterocycles. The number of benzene rings is 1. The summed E-state index contributed by atoms with van der Waals surface area (Å²) in [5.41, 5.74) is 2.68. The van der Waals surface area contributed by atoms with E-state index in [1.165, 1.54) is 0 Å². The normalized spacial score (nSPS) is 10.6. The van der Waals surface area contributed by atoms with Gasteiger partial charge in [0, 0.05) is 0 Å². The van der Waals surface area contributed by atoms with Gasteiger partial charge >= 0.3 is 0 Å². The smallest absolute Gasteiger partial charge is 0.113 e. The minimum atomic E-state index is 0.688. The van der Waals surface area contributed by atoms with Crippen molar-refractivity contribution in [1.82, 2.24) is 15.0 Å². The number of nitrogens with zero attached hydrogens (tertiary/aromatic N) is 3. The van der Waals surface area contributed by atoms with E-state index < -0.39 is 0 Å². The van der Waals surface area contributed by atoms with E-state index in [4.69, 9.17) is 0 Å². The summed E-state index contributed by atoms with van der Waals surface area (Å²) in [4.78, 5) is 0. The fourth-order valence-corrected chi connectivity index (χ4v) is 1.38. The molecule has 0 saturated carbocycles. The third-order valence-corrected chi connectivity index (χ3v) is 2.01. The fraction of sp³-hybridized carbons (Fsp3) is 0.143. The first-order chi connectivity index (χ1) is 5.42. The summed E-state index contributed by atoms with van der Waals surface area (Å²) in [5.74, 6) is 0. The zero-order valence-corrected chi connectivity index (χ0v) is 7.32. The number of fused-ring (bicyclic) bond motifs is 1. The van der Waals surface area contributed by atoms with Crippen molar-refractivity contribution in [2.24, 2.45) is 0 Å². The van der Waals surface area contributed by atoms with Gasteiger partial charge in [0.15, 0.2) is 0 Å². The molecule has 0 unspecified atom stereocenters. The molecule has 0 saturated heterocycles. The molecule has 4 heteroatoms. The molecule has 1 aromatic carbocycles. The Hall–Kier alpha value is -0.900. The highest BCUT2D eigenvalue weighted by Crippen LogP contribution is 2.09. The van der Waals surface area contributed by atoms with Crippen molar-refractivity contribution < 1.29 is 0 Å². The van der Waals surface area contributed by atoms with Crippen LogP contribution in [0.4, 0.5) is 0 Å². The first-order valence-corrected chi connectivity index (χ1v) is 4.38. The zero-order valence-electron chi connectivity index (χ0n) is 5.74. The molecule has 0 atom stereocenters. The largest absolute Gasteiger partial charge is 0.234 e. The predicted octanol–water partition coefficient (Wildman–Crippen LogP) is 1.78. The van der Waals surface area contributed by atoms with Gasteiger partial charge in [-0.3, -0.25) is 0 Å². The van der Waals surface area contributed by atoms with E-state index in [9.17, 15) is 0 Å². The van der Waals surface area contributed by atoms with Crippen LogP contribution in [0.3, 0.4) is 0 Å². The molecule has 0 aliphatic heterocycles. The molecule has 0 radical (unpaired) electrons. The molecular weight excluding hydrogens is 206 g/mol. The Morgan fingerprint density at radius 3 is 3.00 bits per heavy atom. The van der Waals surface area contributed by atoms with Gasteiger partial charge in [0.2, 0.25) is 0 Å². The van der Waals surface area contributed by atoms with E-state index in [1.807, 2.05) is 24.3 Å². The molecule has 0 N–H and O–H groups in total. The van der Waals surface area contributed by atoms with Crippen LogP contribution in [-0.2, 0) is 5.45 Å². The number of halogens is 1. The maximum atomic E-state index is 3.97. The second kappa shape index (κ2) is 2.62. The summed E-state index contributed by atoms with van der Waals surface area (Å²) in [6, 6.07) is 7.87. The van der Waals surface area contributed by atoms with Crippen LogP contribution < -0.4 is 0 Å². The Kier molecular flexibility index (Phi) is 1.62. The number of aromatic nitrogens is 3. The highest BCUT2D eigenvalue weighted by Gasteiger charge is 1.99. The van der Waals surface area contributed by atoms with Crippen LogP contribution in [-0.4, -0.2) is 15.0 Å². The molecule has 3 nitrogen and oxygen atoms in total. The second-order valence-electron chi connectivity index (χ2n) is 2.20. The van der Waals surface area contributed by atoms with Gasteiger partial charge < -0.3 is 0 Å². The molecule has 11 heavy (non-hydrogen) atoms. The average Bonchev–Trinajstić information content (AvgIpc) is 2.47. The lowest BCUT2D eigenvalue weighted by Gasteiger charge is -1.92. The lowest BCUT2D eigenvalue weighted by molar-refractivity contribution is 0.729. The van der Waals surface area contributed by atoms with Crippen molar-refractivity contribution in [1.29, 1.82) is 0 Å². The highest BCUT2D eigenvalue weighted by molar-refractivity contribution is 9.08. The summed E-state index contributed by atoms with van der Waals surface area (Å²) in [6.45, 7) is 0. The Morgan fingerprint density at radius 2 is 2.18 bits per heavy atom. The Morgan fingerprint density at radius 1 is 1.36 bits per heavy atom. The van der Waals surface area contributed by atoms with Crippen molar-refractivity contribution >= 4 is 27.0 Å². The van der Waals surface area contributed by atoms with Gasteiger partial charge in [0.05, 0.1) is 11.0 Å². The molecular formula is C7H6BrN3. The third-order valence-electron chi connectivity index (χ3n) is 1.53. The lowest BCUT2D eigenvalue weighted by Crippen LogP contribution is -1.92.